The Kier molecular flexibility index (Phi) is 5.16. The third-order valence-corrected chi connectivity index (χ3v) is 5.34. The predicted molar refractivity (Wildman–Crippen MR) is 113 cm³/mol. The van der Waals surface area contributed by atoms with Gasteiger partial charge in [0, 0.05) is 11.5 Å². The molecule has 1 aromatic heterocycles. The van der Waals surface area contributed by atoms with Crippen LogP contribution in [0.15, 0.2) is 55.1 Å². The lowest BCUT2D eigenvalue weighted by Crippen LogP contribution is -2.30. The molecular formula is C23H24N4O2. The number of hydrogen-bond acceptors (Lipinski definition) is 3. The molecule has 1 aliphatic rings. The second kappa shape index (κ2) is 7.91. The fourth-order valence-electron chi connectivity index (χ4n) is 3.77. The molecule has 148 valence electrons. The van der Waals surface area contributed by atoms with E-state index in [0.717, 1.165) is 27.6 Å². The van der Waals surface area contributed by atoms with E-state index in [1.165, 1.54) is 0 Å². The summed E-state index contributed by atoms with van der Waals surface area (Å²) in [5.74, 6) is 0.371. The third-order valence-electron chi connectivity index (χ3n) is 5.34. The van der Waals surface area contributed by atoms with Crippen LogP contribution in [0.2, 0.25) is 0 Å². The first-order valence-electron chi connectivity index (χ1n) is 9.78. The number of nitrogens with one attached hydrogen (secondary N) is 2. The van der Waals surface area contributed by atoms with E-state index in [2.05, 4.69) is 28.2 Å². The van der Waals surface area contributed by atoms with Crippen LogP contribution in [0.4, 0.5) is 5.82 Å². The highest BCUT2D eigenvalue weighted by Gasteiger charge is 2.30. The molecule has 0 bridgehead atoms. The van der Waals surface area contributed by atoms with Gasteiger partial charge in [0.2, 0.25) is 11.8 Å². The number of fused-ring (bicyclic) bond motifs is 2. The van der Waals surface area contributed by atoms with Gasteiger partial charge in [0.05, 0.1) is 25.2 Å². The number of benzene rings is 2. The lowest BCUT2D eigenvalue weighted by molar-refractivity contribution is -0.135. The molecule has 1 aliphatic heterocycles. The van der Waals surface area contributed by atoms with Crippen LogP contribution in [-0.2, 0) is 29.1 Å². The number of allylic oxidation sites excluding steroid dienone is 1. The Morgan fingerprint density at radius 2 is 2.03 bits per heavy atom. The molecule has 2 aromatic carbocycles. The first-order valence-corrected chi connectivity index (χ1v) is 9.78. The number of amides is 2. The summed E-state index contributed by atoms with van der Waals surface area (Å²) in [5, 5.41) is 12.3. The van der Waals surface area contributed by atoms with Crippen molar-refractivity contribution >= 4 is 28.4 Å². The van der Waals surface area contributed by atoms with Gasteiger partial charge in [-0.2, -0.15) is 5.10 Å². The Balaban J connectivity index is 1.42. The minimum atomic E-state index is -0.126. The van der Waals surface area contributed by atoms with Gasteiger partial charge in [0.15, 0.2) is 5.82 Å². The van der Waals surface area contributed by atoms with E-state index in [0.29, 0.717) is 25.3 Å². The normalized spacial score (nSPS) is 13.9. The van der Waals surface area contributed by atoms with Crippen LogP contribution in [0.1, 0.15) is 30.2 Å². The smallest absolute Gasteiger partial charge is 0.230 e. The number of anilines is 1. The topological polar surface area (TPSA) is 78.1 Å². The summed E-state index contributed by atoms with van der Waals surface area (Å²) in [6, 6.07) is 14.1. The average Bonchev–Trinajstić information content (AvgIpc) is 3.29. The maximum Gasteiger partial charge on any atom is 0.230 e. The highest BCUT2D eigenvalue weighted by Crippen LogP contribution is 2.28. The molecule has 0 spiro atoms. The van der Waals surface area contributed by atoms with Crippen molar-refractivity contribution in [3.63, 3.8) is 0 Å². The third kappa shape index (κ3) is 3.92. The molecule has 6 nitrogen and oxygen atoms in total. The van der Waals surface area contributed by atoms with Gasteiger partial charge in [0.1, 0.15) is 0 Å². The second-order valence-corrected chi connectivity index (χ2v) is 7.56. The summed E-state index contributed by atoms with van der Waals surface area (Å²) >= 11 is 0. The van der Waals surface area contributed by atoms with Gasteiger partial charge in [-0.15, -0.1) is 6.58 Å². The Morgan fingerprint density at radius 1 is 1.24 bits per heavy atom. The summed E-state index contributed by atoms with van der Waals surface area (Å²) in [6.45, 7) is 6.55. The maximum absolute atomic E-state index is 12.6. The van der Waals surface area contributed by atoms with E-state index in [1.54, 1.807) is 11.0 Å². The number of nitrogens with zero attached hydrogens (tertiary/aromatic N) is 2. The summed E-state index contributed by atoms with van der Waals surface area (Å²) in [4.78, 5) is 26.9. The van der Waals surface area contributed by atoms with Crippen LogP contribution in [0.3, 0.4) is 0 Å². The summed E-state index contributed by atoms with van der Waals surface area (Å²) in [7, 11) is 0. The van der Waals surface area contributed by atoms with Crippen LogP contribution >= 0.6 is 0 Å². The number of H-pyrrole nitrogens is 1. The Hall–Kier alpha value is -3.41. The Labute approximate surface area is 169 Å². The molecule has 0 saturated carbocycles. The van der Waals surface area contributed by atoms with E-state index in [9.17, 15) is 9.59 Å². The Morgan fingerprint density at radius 3 is 2.83 bits per heavy atom. The van der Waals surface area contributed by atoms with Crippen LogP contribution in [0.5, 0.6) is 0 Å². The van der Waals surface area contributed by atoms with Gasteiger partial charge < -0.3 is 10.2 Å². The van der Waals surface area contributed by atoms with E-state index in [-0.39, 0.29) is 24.2 Å². The van der Waals surface area contributed by atoms with Crippen LogP contribution < -0.4 is 5.32 Å². The second-order valence-electron chi connectivity index (χ2n) is 7.56. The number of carbonyl (C=O) groups excluding carboxylic acids is 2. The quantitative estimate of drug-likeness (QED) is 0.631. The van der Waals surface area contributed by atoms with Gasteiger partial charge in [-0.3, -0.25) is 14.7 Å². The van der Waals surface area contributed by atoms with Crippen LogP contribution in [-0.4, -0.2) is 26.9 Å². The molecule has 0 radical (unpaired) electrons. The molecule has 0 aliphatic carbocycles. The molecule has 29 heavy (non-hydrogen) atoms. The number of hydrogen-bond donors (Lipinski definition) is 2. The molecule has 4 rings (SSSR count). The lowest BCUT2D eigenvalue weighted by Gasteiger charge is -2.19. The van der Waals surface area contributed by atoms with Gasteiger partial charge in [0.25, 0.3) is 0 Å². The van der Waals surface area contributed by atoms with Crippen LogP contribution in [0.25, 0.3) is 10.8 Å². The number of aromatic amines is 1. The van der Waals surface area contributed by atoms with E-state index < -0.39 is 0 Å². The van der Waals surface area contributed by atoms with Crippen LogP contribution in [0, 0.1) is 5.92 Å². The van der Waals surface area contributed by atoms with Crippen molar-refractivity contribution in [3.8, 4) is 0 Å². The van der Waals surface area contributed by atoms with E-state index in [4.69, 9.17) is 0 Å². The molecule has 2 amide bonds. The lowest BCUT2D eigenvalue weighted by atomic mass is 10.0. The fraction of sp³-hybridized carbons (Fsp3) is 0.261. The first-order chi connectivity index (χ1) is 14.0. The monoisotopic (exact) mass is 388 g/mol. The molecular weight excluding hydrogens is 364 g/mol. The largest absolute Gasteiger partial charge is 0.332 e. The van der Waals surface area contributed by atoms with E-state index in [1.807, 2.05) is 43.3 Å². The number of rotatable bonds is 6. The number of aromatic nitrogens is 2. The molecule has 3 aromatic rings. The van der Waals surface area contributed by atoms with Gasteiger partial charge in [-0.1, -0.05) is 55.5 Å². The molecule has 1 unspecified atom stereocenters. The zero-order valence-corrected chi connectivity index (χ0v) is 16.4. The first kappa shape index (κ1) is 18.9. The summed E-state index contributed by atoms with van der Waals surface area (Å²) in [5.41, 5.74) is 2.71. The standard InChI is InChI=1S/C23H24N4O2/c1-3-6-15(2)23(29)27-13-19-20(14-27)25-26-22(19)24-21(28)12-16-9-10-17-7-4-5-8-18(17)11-16/h3-5,7-11,15H,1,6,12-14H2,2H3,(H2,24,25,26,28). The minimum absolute atomic E-state index is 0.0861. The van der Waals surface area contributed by atoms with E-state index >= 15 is 0 Å². The summed E-state index contributed by atoms with van der Waals surface area (Å²) < 4.78 is 0. The summed E-state index contributed by atoms with van der Waals surface area (Å²) in [6.07, 6.45) is 2.68. The average molecular weight is 388 g/mol. The van der Waals surface area contributed by atoms with Crippen molar-refractivity contribution in [1.82, 2.24) is 15.1 Å². The van der Waals surface area contributed by atoms with Crippen molar-refractivity contribution in [2.45, 2.75) is 32.9 Å². The number of carbonyl (C=O) groups is 2. The zero-order chi connectivity index (χ0) is 20.4. The molecule has 0 fully saturated rings. The van der Waals surface area contributed by atoms with Gasteiger partial charge in [-0.05, 0) is 22.8 Å². The molecule has 2 N–H and O–H groups in total. The van der Waals surface area contributed by atoms with Crippen molar-refractivity contribution < 1.29 is 9.59 Å². The van der Waals surface area contributed by atoms with Crippen molar-refractivity contribution in [3.05, 3.63) is 71.9 Å². The zero-order valence-electron chi connectivity index (χ0n) is 16.4. The fourth-order valence-corrected chi connectivity index (χ4v) is 3.77. The molecule has 0 saturated heterocycles. The van der Waals surface area contributed by atoms with Gasteiger partial charge >= 0.3 is 0 Å². The Bertz CT molecular complexity index is 1090. The minimum Gasteiger partial charge on any atom is -0.332 e. The highest BCUT2D eigenvalue weighted by molar-refractivity contribution is 5.93. The van der Waals surface area contributed by atoms with Crippen molar-refractivity contribution in [1.29, 1.82) is 0 Å². The van der Waals surface area contributed by atoms with Crippen molar-refractivity contribution in [2.75, 3.05) is 5.32 Å². The van der Waals surface area contributed by atoms with Gasteiger partial charge in [-0.25, -0.2) is 0 Å². The molecule has 2 heterocycles. The molecule has 1 atom stereocenters. The maximum atomic E-state index is 12.6. The molecule has 6 heteroatoms. The predicted octanol–water partition coefficient (Wildman–Crippen LogP) is 3.80. The highest BCUT2D eigenvalue weighted by atomic mass is 16.2. The van der Waals surface area contributed by atoms with Crippen molar-refractivity contribution in [2.24, 2.45) is 5.92 Å². The SMILES string of the molecule is C=CCC(C)C(=O)N1Cc2[nH]nc(NC(=O)Cc3ccc4ccccc4c3)c2C1.